The van der Waals surface area contributed by atoms with Crippen LogP contribution in [-0.2, 0) is 19.1 Å². The van der Waals surface area contributed by atoms with Crippen molar-refractivity contribution in [3.8, 4) is 0 Å². The van der Waals surface area contributed by atoms with Crippen LogP contribution < -0.4 is 0 Å². The Balaban J connectivity index is 3.45. The van der Waals surface area contributed by atoms with Crippen LogP contribution in [0.3, 0.4) is 0 Å². The topological polar surface area (TPSA) is 72.8 Å². The molecule has 0 aromatic carbocycles. The Labute approximate surface area is 312 Å². The molecule has 0 aliphatic carbocycles. The number of carbonyl (C=O) groups is 2. The molecule has 0 heterocycles. The molecule has 1 N–H and O–H groups in total. The van der Waals surface area contributed by atoms with Crippen molar-refractivity contribution in [2.24, 2.45) is 11.8 Å². The molecule has 0 rings (SSSR count). The number of hydrogen-bond donors (Lipinski definition) is 1. The first-order chi connectivity index (χ1) is 24.3. The lowest BCUT2D eigenvalue weighted by molar-refractivity contribution is -0.161. The maximum absolute atomic E-state index is 12.2. The molecule has 0 spiro atoms. The number of rotatable bonds is 40. The molecule has 0 bridgehead atoms. The minimum atomic E-state index is -0.763. The SMILES string of the molecule is CC(C)CCCCCCCCCCCCCCCCCCCCC(=O)OC[C@H](CO)OC(=O)CCCCCCCCCCCCCCC(C)C. The Morgan fingerprint density at radius 2 is 0.660 bits per heavy atom. The summed E-state index contributed by atoms with van der Waals surface area (Å²) in [6.45, 7) is 8.89. The Hall–Kier alpha value is -1.10. The lowest BCUT2D eigenvalue weighted by Gasteiger charge is -2.15. The molecule has 0 amide bonds. The molecule has 0 saturated carbocycles. The van der Waals surface area contributed by atoms with Crippen LogP contribution in [0.1, 0.15) is 246 Å². The smallest absolute Gasteiger partial charge is 0.306 e. The second-order valence-electron chi connectivity index (χ2n) is 16.4. The molecule has 0 aromatic heterocycles. The quantitative estimate of drug-likeness (QED) is 0.0507. The van der Waals surface area contributed by atoms with E-state index in [0.717, 1.165) is 43.9 Å². The van der Waals surface area contributed by atoms with Crippen LogP contribution in [0.25, 0.3) is 0 Å². The summed E-state index contributed by atoms with van der Waals surface area (Å²) in [5, 5.41) is 9.58. The van der Waals surface area contributed by atoms with Gasteiger partial charge in [0.1, 0.15) is 6.61 Å². The molecule has 0 aliphatic heterocycles. The number of hydrogen-bond acceptors (Lipinski definition) is 5. The molecule has 5 heteroatoms. The normalized spacial score (nSPS) is 12.2. The molecule has 50 heavy (non-hydrogen) atoms. The van der Waals surface area contributed by atoms with Gasteiger partial charge in [-0.25, -0.2) is 0 Å². The number of aliphatic hydroxyl groups is 1. The van der Waals surface area contributed by atoms with E-state index in [1.165, 1.54) is 173 Å². The fourth-order valence-corrected chi connectivity index (χ4v) is 6.87. The first-order valence-corrected chi connectivity index (χ1v) is 22.3. The van der Waals surface area contributed by atoms with Crippen LogP contribution in [0.2, 0.25) is 0 Å². The highest BCUT2D eigenvalue weighted by Gasteiger charge is 2.16. The van der Waals surface area contributed by atoms with E-state index in [4.69, 9.17) is 9.47 Å². The zero-order valence-electron chi connectivity index (χ0n) is 34.3. The van der Waals surface area contributed by atoms with Crippen LogP contribution in [0.15, 0.2) is 0 Å². The van der Waals surface area contributed by atoms with Crippen molar-refractivity contribution in [1.29, 1.82) is 0 Å². The summed E-state index contributed by atoms with van der Waals surface area (Å²) in [5.74, 6) is 1.13. The van der Waals surface area contributed by atoms with Crippen LogP contribution in [0, 0.1) is 11.8 Å². The van der Waals surface area contributed by atoms with Gasteiger partial charge in [0.25, 0.3) is 0 Å². The van der Waals surface area contributed by atoms with Crippen molar-refractivity contribution in [3.63, 3.8) is 0 Å². The highest BCUT2D eigenvalue weighted by Crippen LogP contribution is 2.17. The predicted octanol–water partition coefficient (Wildman–Crippen LogP) is 14.0. The molecule has 298 valence electrons. The monoisotopic (exact) mass is 709 g/mol. The number of carbonyl (C=O) groups excluding carboxylic acids is 2. The highest BCUT2D eigenvalue weighted by atomic mass is 16.6. The summed E-state index contributed by atoms with van der Waals surface area (Å²) in [6, 6.07) is 0. The first kappa shape index (κ1) is 48.9. The van der Waals surface area contributed by atoms with E-state index in [9.17, 15) is 14.7 Å². The summed E-state index contributed by atoms with van der Waals surface area (Å²) in [6.07, 6.45) is 41.8. The van der Waals surface area contributed by atoms with E-state index < -0.39 is 6.10 Å². The number of esters is 2. The highest BCUT2D eigenvalue weighted by molar-refractivity contribution is 5.70. The average molecular weight is 709 g/mol. The number of aliphatic hydroxyl groups excluding tert-OH is 1. The predicted molar refractivity (Wildman–Crippen MR) is 215 cm³/mol. The third kappa shape index (κ3) is 39.7. The van der Waals surface area contributed by atoms with Crippen molar-refractivity contribution in [2.45, 2.75) is 252 Å². The second kappa shape index (κ2) is 39.1. The van der Waals surface area contributed by atoms with Crippen LogP contribution >= 0.6 is 0 Å². The first-order valence-electron chi connectivity index (χ1n) is 22.3. The van der Waals surface area contributed by atoms with Gasteiger partial charge in [0.05, 0.1) is 6.61 Å². The van der Waals surface area contributed by atoms with Gasteiger partial charge in [0, 0.05) is 12.8 Å². The van der Waals surface area contributed by atoms with Crippen molar-refractivity contribution < 1.29 is 24.2 Å². The Kier molecular flexibility index (Phi) is 38.3. The summed E-state index contributed by atoms with van der Waals surface area (Å²) in [5.41, 5.74) is 0. The van der Waals surface area contributed by atoms with Gasteiger partial charge in [-0.15, -0.1) is 0 Å². The molecule has 0 aromatic rings. The van der Waals surface area contributed by atoms with Gasteiger partial charge in [0.15, 0.2) is 6.10 Å². The Bertz CT molecular complexity index is 706. The molecule has 0 fully saturated rings. The van der Waals surface area contributed by atoms with Crippen molar-refractivity contribution in [2.75, 3.05) is 13.2 Å². The summed E-state index contributed by atoms with van der Waals surface area (Å²) in [4.78, 5) is 24.3. The van der Waals surface area contributed by atoms with Crippen LogP contribution in [0.5, 0.6) is 0 Å². The Morgan fingerprint density at radius 3 is 0.940 bits per heavy atom. The minimum Gasteiger partial charge on any atom is -0.462 e. The molecule has 5 nitrogen and oxygen atoms in total. The number of ether oxygens (including phenoxy) is 2. The van der Waals surface area contributed by atoms with Gasteiger partial charge in [-0.1, -0.05) is 220 Å². The lowest BCUT2D eigenvalue weighted by atomic mass is 10.0. The molecule has 0 unspecified atom stereocenters. The van der Waals surface area contributed by atoms with Crippen molar-refractivity contribution >= 4 is 11.9 Å². The van der Waals surface area contributed by atoms with E-state index in [0.29, 0.717) is 12.8 Å². The van der Waals surface area contributed by atoms with Gasteiger partial charge < -0.3 is 14.6 Å². The third-order valence-corrected chi connectivity index (χ3v) is 10.3. The molecular weight excluding hydrogens is 620 g/mol. The van der Waals surface area contributed by atoms with Gasteiger partial charge >= 0.3 is 11.9 Å². The van der Waals surface area contributed by atoms with Gasteiger partial charge in [-0.05, 0) is 24.7 Å². The van der Waals surface area contributed by atoms with E-state index in [1.54, 1.807) is 0 Å². The third-order valence-electron chi connectivity index (χ3n) is 10.3. The molecule has 0 aliphatic rings. The molecule has 1 atom stereocenters. The van der Waals surface area contributed by atoms with Crippen molar-refractivity contribution in [1.82, 2.24) is 0 Å². The van der Waals surface area contributed by atoms with E-state index in [1.807, 2.05) is 0 Å². The lowest BCUT2D eigenvalue weighted by Crippen LogP contribution is -2.28. The molecular formula is C45H88O5. The summed E-state index contributed by atoms with van der Waals surface area (Å²) >= 11 is 0. The fraction of sp³-hybridized carbons (Fsp3) is 0.956. The zero-order valence-corrected chi connectivity index (χ0v) is 34.3. The van der Waals surface area contributed by atoms with Crippen LogP contribution in [-0.4, -0.2) is 36.4 Å². The van der Waals surface area contributed by atoms with Crippen molar-refractivity contribution in [3.05, 3.63) is 0 Å². The standard InChI is InChI=1S/C45H88O5/c1-41(2)35-31-27-23-19-15-11-9-7-5-6-8-10-12-17-21-25-29-33-37-44(47)49-40-43(39-46)50-45(48)38-34-30-26-22-18-14-13-16-20-24-28-32-36-42(3)4/h41-43,46H,5-40H2,1-4H3/t43-/m0/s1. The second-order valence-corrected chi connectivity index (χ2v) is 16.4. The number of unbranched alkanes of at least 4 members (excludes halogenated alkanes) is 28. The summed E-state index contributed by atoms with van der Waals surface area (Å²) in [7, 11) is 0. The minimum absolute atomic E-state index is 0.0578. The van der Waals surface area contributed by atoms with E-state index in [-0.39, 0.29) is 25.2 Å². The molecule has 0 saturated heterocycles. The van der Waals surface area contributed by atoms with E-state index >= 15 is 0 Å². The maximum atomic E-state index is 12.2. The zero-order chi connectivity index (χ0) is 36.8. The summed E-state index contributed by atoms with van der Waals surface area (Å²) < 4.78 is 10.6. The average Bonchev–Trinajstić information content (AvgIpc) is 3.09. The van der Waals surface area contributed by atoms with Gasteiger partial charge in [-0.3, -0.25) is 9.59 Å². The largest absolute Gasteiger partial charge is 0.462 e. The Morgan fingerprint density at radius 1 is 0.400 bits per heavy atom. The van der Waals surface area contributed by atoms with E-state index in [2.05, 4.69) is 27.7 Å². The molecule has 0 radical (unpaired) electrons. The van der Waals surface area contributed by atoms with Gasteiger partial charge in [0.2, 0.25) is 0 Å². The van der Waals surface area contributed by atoms with Gasteiger partial charge in [-0.2, -0.15) is 0 Å². The maximum Gasteiger partial charge on any atom is 0.306 e. The van der Waals surface area contributed by atoms with Crippen LogP contribution in [0.4, 0.5) is 0 Å². The fourth-order valence-electron chi connectivity index (χ4n) is 6.87.